The van der Waals surface area contributed by atoms with E-state index in [4.69, 9.17) is 5.26 Å². The molecule has 0 aromatic heterocycles. The molecular formula is C13H15N3O. The zero-order valence-electron chi connectivity index (χ0n) is 9.57. The van der Waals surface area contributed by atoms with Gasteiger partial charge in [-0.2, -0.15) is 5.26 Å². The number of para-hydroxylation sites is 1. The molecular weight excluding hydrogens is 214 g/mol. The number of nitrogens with one attached hydrogen (secondary N) is 2. The third-order valence-corrected chi connectivity index (χ3v) is 2.89. The quantitative estimate of drug-likeness (QED) is 0.810. The Morgan fingerprint density at radius 2 is 2.24 bits per heavy atom. The van der Waals surface area contributed by atoms with Crippen LogP contribution in [0.1, 0.15) is 24.8 Å². The van der Waals surface area contributed by atoms with E-state index in [0.29, 0.717) is 12.0 Å². The van der Waals surface area contributed by atoms with Gasteiger partial charge in [-0.05, 0) is 25.0 Å². The molecule has 0 spiro atoms. The SMILES string of the molecule is N#Cc1ccccc1NC1CCCNC(=O)C1. The number of carbonyl (C=O) groups is 1. The summed E-state index contributed by atoms with van der Waals surface area (Å²) in [5.41, 5.74) is 1.44. The first-order valence-corrected chi connectivity index (χ1v) is 5.82. The third kappa shape index (κ3) is 2.97. The van der Waals surface area contributed by atoms with Gasteiger partial charge in [-0.15, -0.1) is 0 Å². The van der Waals surface area contributed by atoms with Crippen molar-refractivity contribution >= 4 is 11.6 Å². The third-order valence-electron chi connectivity index (χ3n) is 2.89. The molecule has 0 saturated carbocycles. The molecule has 1 amide bonds. The van der Waals surface area contributed by atoms with E-state index in [1.807, 2.05) is 18.2 Å². The number of hydrogen-bond acceptors (Lipinski definition) is 3. The highest BCUT2D eigenvalue weighted by Crippen LogP contribution is 2.18. The molecule has 0 bridgehead atoms. The van der Waals surface area contributed by atoms with E-state index >= 15 is 0 Å². The van der Waals surface area contributed by atoms with Crippen molar-refractivity contribution in [1.82, 2.24) is 5.32 Å². The van der Waals surface area contributed by atoms with E-state index in [9.17, 15) is 4.79 Å². The second-order valence-corrected chi connectivity index (χ2v) is 4.19. The molecule has 0 aliphatic carbocycles. The van der Waals surface area contributed by atoms with E-state index < -0.39 is 0 Å². The number of benzene rings is 1. The topological polar surface area (TPSA) is 64.9 Å². The highest BCUT2D eigenvalue weighted by molar-refractivity contribution is 5.77. The number of amides is 1. The smallest absolute Gasteiger partial charge is 0.222 e. The Balaban J connectivity index is 2.09. The van der Waals surface area contributed by atoms with E-state index in [-0.39, 0.29) is 11.9 Å². The van der Waals surface area contributed by atoms with Gasteiger partial charge in [0, 0.05) is 19.0 Å². The summed E-state index contributed by atoms with van der Waals surface area (Å²) in [5, 5.41) is 15.1. The second kappa shape index (κ2) is 5.35. The van der Waals surface area contributed by atoms with Crippen LogP contribution in [-0.4, -0.2) is 18.5 Å². The Hall–Kier alpha value is -2.02. The molecule has 1 aliphatic rings. The van der Waals surface area contributed by atoms with Crippen LogP contribution in [0.3, 0.4) is 0 Å². The van der Waals surface area contributed by atoms with E-state index in [1.54, 1.807) is 6.07 Å². The van der Waals surface area contributed by atoms with Gasteiger partial charge >= 0.3 is 0 Å². The van der Waals surface area contributed by atoms with Crippen molar-refractivity contribution in [3.63, 3.8) is 0 Å². The largest absolute Gasteiger partial charge is 0.381 e. The van der Waals surface area contributed by atoms with Crippen LogP contribution in [0.2, 0.25) is 0 Å². The summed E-state index contributed by atoms with van der Waals surface area (Å²) in [7, 11) is 0. The number of nitrogens with zero attached hydrogens (tertiary/aromatic N) is 1. The van der Waals surface area contributed by atoms with Crippen molar-refractivity contribution in [2.24, 2.45) is 0 Å². The lowest BCUT2D eigenvalue weighted by Crippen LogP contribution is -2.27. The molecule has 2 rings (SSSR count). The lowest BCUT2D eigenvalue weighted by molar-refractivity contribution is -0.120. The highest BCUT2D eigenvalue weighted by atomic mass is 16.1. The Morgan fingerprint density at radius 1 is 1.41 bits per heavy atom. The normalized spacial score (nSPS) is 19.9. The van der Waals surface area contributed by atoms with Crippen molar-refractivity contribution < 1.29 is 4.79 Å². The standard InChI is InChI=1S/C13H15N3O/c14-9-10-4-1-2-6-12(10)16-11-5-3-7-15-13(17)8-11/h1-2,4,6,11,16H,3,5,7-8H2,(H,15,17). The van der Waals surface area contributed by atoms with Gasteiger partial charge in [-0.25, -0.2) is 0 Å². The van der Waals surface area contributed by atoms with Crippen LogP contribution in [0.5, 0.6) is 0 Å². The molecule has 1 unspecified atom stereocenters. The summed E-state index contributed by atoms with van der Waals surface area (Å²) < 4.78 is 0. The van der Waals surface area contributed by atoms with Gasteiger partial charge in [-0.3, -0.25) is 4.79 Å². The van der Waals surface area contributed by atoms with Gasteiger partial charge in [0.15, 0.2) is 0 Å². The number of carbonyl (C=O) groups excluding carboxylic acids is 1. The predicted molar refractivity (Wildman–Crippen MR) is 65.4 cm³/mol. The van der Waals surface area contributed by atoms with Crippen molar-refractivity contribution in [2.75, 3.05) is 11.9 Å². The zero-order valence-corrected chi connectivity index (χ0v) is 9.57. The second-order valence-electron chi connectivity index (χ2n) is 4.19. The Bertz CT molecular complexity index is 450. The first-order chi connectivity index (χ1) is 8.29. The molecule has 88 valence electrons. The number of anilines is 1. The minimum atomic E-state index is 0.0782. The Morgan fingerprint density at radius 3 is 3.06 bits per heavy atom. The van der Waals surface area contributed by atoms with Crippen LogP contribution in [0.15, 0.2) is 24.3 Å². The summed E-state index contributed by atoms with van der Waals surface area (Å²) in [6.07, 6.45) is 2.39. The fourth-order valence-corrected chi connectivity index (χ4v) is 2.02. The number of rotatable bonds is 2. The molecule has 1 saturated heterocycles. The molecule has 17 heavy (non-hydrogen) atoms. The van der Waals surface area contributed by atoms with Crippen LogP contribution in [0.4, 0.5) is 5.69 Å². The lowest BCUT2D eigenvalue weighted by atomic mass is 10.1. The maximum Gasteiger partial charge on any atom is 0.222 e. The summed E-state index contributed by atoms with van der Waals surface area (Å²) in [4.78, 5) is 11.4. The van der Waals surface area contributed by atoms with E-state index in [0.717, 1.165) is 25.1 Å². The average Bonchev–Trinajstić information content (AvgIpc) is 2.54. The molecule has 2 N–H and O–H groups in total. The van der Waals surface area contributed by atoms with Gasteiger partial charge in [0.25, 0.3) is 0 Å². The van der Waals surface area contributed by atoms with E-state index in [1.165, 1.54) is 0 Å². The van der Waals surface area contributed by atoms with Crippen molar-refractivity contribution in [2.45, 2.75) is 25.3 Å². The molecule has 1 aliphatic heterocycles. The minimum absolute atomic E-state index is 0.0782. The first-order valence-electron chi connectivity index (χ1n) is 5.82. The van der Waals surface area contributed by atoms with Gasteiger partial charge in [0.1, 0.15) is 6.07 Å². The maximum atomic E-state index is 11.4. The van der Waals surface area contributed by atoms with Gasteiger partial charge in [-0.1, -0.05) is 12.1 Å². The van der Waals surface area contributed by atoms with Gasteiger partial charge in [0.2, 0.25) is 5.91 Å². The zero-order chi connectivity index (χ0) is 12.1. The molecule has 4 nitrogen and oxygen atoms in total. The van der Waals surface area contributed by atoms with E-state index in [2.05, 4.69) is 16.7 Å². The summed E-state index contributed by atoms with van der Waals surface area (Å²) in [6.45, 7) is 0.747. The number of hydrogen-bond donors (Lipinski definition) is 2. The molecule has 1 fully saturated rings. The van der Waals surface area contributed by atoms with Gasteiger partial charge in [0.05, 0.1) is 11.3 Å². The van der Waals surface area contributed by atoms with Gasteiger partial charge < -0.3 is 10.6 Å². The highest BCUT2D eigenvalue weighted by Gasteiger charge is 2.17. The number of nitriles is 1. The fourth-order valence-electron chi connectivity index (χ4n) is 2.02. The minimum Gasteiger partial charge on any atom is -0.381 e. The predicted octanol–water partition coefficient (Wildman–Crippen LogP) is 1.64. The van der Waals surface area contributed by atoms with Crippen LogP contribution in [0, 0.1) is 11.3 Å². The van der Waals surface area contributed by atoms with Crippen LogP contribution < -0.4 is 10.6 Å². The van der Waals surface area contributed by atoms with Crippen LogP contribution in [-0.2, 0) is 4.79 Å². The molecule has 1 aromatic rings. The monoisotopic (exact) mass is 229 g/mol. The van der Waals surface area contributed by atoms with Crippen LogP contribution >= 0.6 is 0 Å². The van der Waals surface area contributed by atoms with Crippen molar-refractivity contribution in [3.8, 4) is 6.07 Å². The average molecular weight is 229 g/mol. The summed E-state index contributed by atoms with van der Waals surface area (Å²) >= 11 is 0. The molecule has 0 radical (unpaired) electrons. The summed E-state index contributed by atoms with van der Waals surface area (Å²) in [5.74, 6) is 0.0782. The first kappa shape index (κ1) is 11.5. The maximum absolute atomic E-state index is 11.4. The molecule has 1 aromatic carbocycles. The Kier molecular flexibility index (Phi) is 3.61. The lowest BCUT2D eigenvalue weighted by Gasteiger charge is -2.17. The summed E-state index contributed by atoms with van der Waals surface area (Å²) in [6, 6.07) is 9.65. The fraction of sp³-hybridized carbons (Fsp3) is 0.385. The van der Waals surface area contributed by atoms with Crippen LogP contribution in [0.25, 0.3) is 0 Å². The Labute approximate surface area is 101 Å². The molecule has 1 atom stereocenters. The molecule has 4 heteroatoms. The van der Waals surface area contributed by atoms with Crippen molar-refractivity contribution in [1.29, 1.82) is 5.26 Å². The molecule has 1 heterocycles. The van der Waals surface area contributed by atoms with Crippen molar-refractivity contribution in [3.05, 3.63) is 29.8 Å².